The maximum atomic E-state index is 12.0. The summed E-state index contributed by atoms with van der Waals surface area (Å²) >= 11 is 8.61. The lowest BCUT2D eigenvalue weighted by Crippen LogP contribution is -2.10. The van der Waals surface area contributed by atoms with Crippen LogP contribution in [0.25, 0.3) is 0 Å². The summed E-state index contributed by atoms with van der Waals surface area (Å²) in [7, 11) is 1.45. The number of thiophene rings is 1. The normalized spacial score (nSPS) is 14.1. The second kappa shape index (κ2) is 6.17. The Kier molecular flexibility index (Phi) is 4.81. The van der Waals surface area contributed by atoms with Crippen LogP contribution in [0.2, 0.25) is 0 Å². The van der Waals surface area contributed by atoms with Crippen LogP contribution in [0.4, 0.5) is 0 Å². The van der Waals surface area contributed by atoms with Gasteiger partial charge in [0.05, 0.1) is 16.9 Å². The van der Waals surface area contributed by atoms with Gasteiger partial charge in [0.1, 0.15) is 0 Å². The SMILES string of the molecule is COC(=O)c1c(CC(=S)SC)sc2c1CCCC2. The molecule has 0 radical (unpaired) electrons. The predicted octanol–water partition coefficient (Wildman–Crippen LogP) is 3.65. The lowest BCUT2D eigenvalue weighted by atomic mass is 9.94. The highest BCUT2D eigenvalue weighted by Crippen LogP contribution is 2.35. The van der Waals surface area contributed by atoms with Crippen molar-refractivity contribution in [2.45, 2.75) is 32.1 Å². The van der Waals surface area contributed by atoms with Crippen LogP contribution in [0.5, 0.6) is 0 Å². The molecule has 0 aliphatic heterocycles. The van der Waals surface area contributed by atoms with Gasteiger partial charge in [0.2, 0.25) is 0 Å². The Balaban J connectivity index is 2.41. The fourth-order valence-electron chi connectivity index (χ4n) is 2.29. The first-order valence-corrected chi connectivity index (χ1v) is 8.40. The van der Waals surface area contributed by atoms with Crippen molar-refractivity contribution in [3.05, 3.63) is 20.9 Å². The van der Waals surface area contributed by atoms with Crippen LogP contribution in [0.1, 0.15) is 38.5 Å². The van der Waals surface area contributed by atoms with Gasteiger partial charge in [-0.15, -0.1) is 23.1 Å². The van der Waals surface area contributed by atoms with Gasteiger partial charge in [0, 0.05) is 16.2 Å². The van der Waals surface area contributed by atoms with E-state index >= 15 is 0 Å². The number of rotatable bonds is 3. The maximum Gasteiger partial charge on any atom is 0.339 e. The Morgan fingerprint density at radius 3 is 2.83 bits per heavy atom. The molecule has 2 rings (SSSR count). The zero-order valence-corrected chi connectivity index (χ0v) is 13.0. The van der Waals surface area contributed by atoms with Crippen molar-refractivity contribution in [3.8, 4) is 0 Å². The number of hydrogen-bond donors (Lipinski definition) is 0. The monoisotopic (exact) mass is 300 g/mol. The molecule has 18 heavy (non-hydrogen) atoms. The van der Waals surface area contributed by atoms with Crippen LogP contribution in [0.15, 0.2) is 0 Å². The molecule has 0 amide bonds. The fourth-order valence-corrected chi connectivity index (χ4v) is 4.30. The molecule has 98 valence electrons. The lowest BCUT2D eigenvalue weighted by molar-refractivity contribution is 0.0599. The Bertz CT molecular complexity index is 477. The number of hydrogen-bond acceptors (Lipinski definition) is 5. The molecule has 0 N–H and O–H groups in total. The first-order chi connectivity index (χ1) is 8.67. The van der Waals surface area contributed by atoms with Gasteiger partial charge in [0.25, 0.3) is 0 Å². The highest BCUT2D eigenvalue weighted by Gasteiger charge is 2.25. The molecule has 0 bridgehead atoms. The van der Waals surface area contributed by atoms with Crippen molar-refractivity contribution in [3.63, 3.8) is 0 Å². The zero-order valence-electron chi connectivity index (χ0n) is 10.6. The van der Waals surface area contributed by atoms with Gasteiger partial charge in [-0.1, -0.05) is 12.2 Å². The molecule has 0 aromatic carbocycles. The minimum absolute atomic E-state index is 0.201. The molecule has 0 fully saturated rings. The summed E-state index contributed by atoms with van der Waals surface area (Å²) in [6, 6.07) is 0. The molecule has 2 nitrogen and oxygen atoms in total. The van der Waals surface area contributed by atoms with Crippen molar-refractivity contribution in [2.75, 3.05) is 13.4 Å². The summed E-state index contributed by atoms with van der Waals surface area (Å²) in [6.07, 6.45) is 7.17. The van der Waals surface area contributed by atoms with E-state index in [2.05, 4.69) is 0 Å². The van der Waals surface area contributed by atoms with E-state index in [1.165, 1.54) is 30.4 Å². The van der Waals surface area contributed by atoms with E-state index in [1.54, 1.807) is 23.1 Å². The van der Waals surface area contributed by atoms with Gasteiger partial charge >= 0.3 is 5.97 Å². The van der Waals surface area contributed by atoms with Crippen molar-refractivity contribution in [1.29, 1.82) is 0 Å². The molecule has 1 aromatic rings. The largest absolute Gasteiger partial charge is 0.465 e. The topological polar surface area (TPSA) is 26.3 Å². The number of carbonyl (C=O) groups is 1. The Morgan fingerprint density at radius 2 is 2.17 bits per heavy atom. The smallest absolute Gasteiger partial charge is 0.339 e. The maximum absolute atomic E-state index is 12.0. The number of esters is 1. The Morgan fingerprint density at radius 1 is 1.44 bits per heavy atom. The van der Waals surface area contributed by atoms with E-state index in [4.69, 9.17) is 17.0 Å². The minimum Gasteiger partial charge on any atom is -0.465 e. The van der Waals surface area contributed by atoms with Crippen molar-refractivity contribution in [1.82, 2.24) is 0 Å². The molecule has 1 aliphatic rings. The molecular weight excluding hydrogens is 284 g/mol. The fraction of sp³-hybridized carbons (Fsp3) is 0.538. The van der Waals surface area contributed by atoms with Crippen LogP contribution in [-0.4, -0.2) is 23.5 Å². The van der Waals surface area contributed by atoms with Gasteiger partial charge < -0.3 is 4.74 Å². The number of methoxy groups -OCH3 is 1. The number of fused-ring (bicyclic) bond motifs is 1. The number of thiocarbonyl (C=S) groups is 1. The van der Waals surface area contributed by atoms with E-state index in [1.807, 2.05) is 6.26 Å². The highest BCUT2D eigenvalue weighted by molar-refractivity contribution is 8.22. The molecule has 0 spiro atoms. The summed E-state index contributed by atoms with van der Waals surface area (Å²) in [5, 5.41) is 0. The van der Waals surface area contributed by atoms with Crippen molar-refractivity contribution >= 4 is 45.5 Å². The zero-order chi connectivity index (χ0) is 13.1. The quantitative estimate of drug-likeness (QED) is 0.629. The third-order valence-corrected chi connectivity index (χ3v) is 5.70. The summed E-state index contributed by atoms with van der Waals surface area (Å²) in [5.41, 5.74) is 2.02. The van der Waals surface area contributed by atoms with E-state index in [9.17, 15) is 4.79 Å². The second-order valence-corrected chi connectivity index (χ2v) is 7.10. The standard InChI is InChI=1S/C13H16O2S3/c1-15-13(14)12-8-5-3-4-6-9(8)18-10(12)7-11(16)17-2/h3-7H2,1-2H3. The van der Waals surface area contributed by atoms with Crippen LogP contribution in [0, 0.1) is 0 Å². The first kappa shape index (κ1) is 14.0. The van der Waals surface area contributed by atoms with Crippen molar-refractivity contribution in [2.24, 2.45) is 0 Å². The van der Waals surface area contributed by atoms with Gasteiger partial charge in [-0.2, -0.15) is 0 Å². The van der Waals surface area contributed by atoms with Crippen LogP contribution in [0.3, 0.4) is 0 Å². The van der Waals surface area contributed by atoms with Gasteiger partial charge in [-0.3, -0.25) is 0 Å². The second-order valence-electron chi connectivity index (χ2n) is 4.25. The van der Waals surface area contributed by atoms with Gasteiger partial charge in [-0.25, -0.2) is 4.79 Å². The number of ether oxygens (including phenoxy) is 1. The third kappa shape index (κ3) is 2.78. The molecule has 0 unspecified atom stereocenters. The minimum atomic E-state index is -0.201. The predicted molar refractivity (Wildman–Crippen MR) is 82.1 cm³/mol. The molecule has 1 aromatic heterocycles. The summed E-state index contributed by atoms with van der Waals surface area (Å²) in [6.45, 7) is 0. The average Bonchev–Trinajstić information content (AvgIpc) is 2.75. The van der Waals surface area contributed by atoms with Crippen molar-refractivity contribution < 1.29 is 9.53 Å². The van der Waals surface area contributed by atoms with E-state index in [0.717, 1.165) is 27.5 Å². The molecule has 1 aliphatic carbocycles. The average molecular weight is 300 g/mol. The molecule has 0 saturated heterocycles. The van der Waals surface area contributed by atoms with E-state index < -0.39 is 0 Å². The van der Waals surface area contributed by atoms with Gasteiger partial charge in [-0.05, 0) is 37.5 Å². The number of aryl methyl sites for hydroxylation is 1. The third-order valence-electron chi connectivity index (χ3n) is 3.17. The Labute approximate surface area is 121 Å². The van der Waals surface area contributed by atoms with Crippen LogP contribution >= 0.6 is 35.3 Å². The number of thioether (sulfide) groups is 1. The van der Waals surface area contributed by atoms with Crippen LogP contribution < -0.4 is 0 Å². The molecule has 0 atom stereocenters. The van der Waals surface area contributed by atoms with Gasteiger partial charge in [0.15, 0.2) is 0 Å². The number of carbonyl (C=O) groups excluding carboxylic acids is 1. The highest BCUT2D eigenvalue weighted by atomic mass is 32.2. The summed E-state index contributed by atoms with van der Waals surface area (Å²) in [5.74, 6) is -0.201. The molecular formula is C13H16O2S3. The summed E-state index contributed by atoms with van der Waals surface area (Å²) < 4.78 is 5.86. The first-order valence-electron chi connectivity index (χ1n) is 5.96. The Hall–Kier alpha value is -0.390. The van der Waals surface area contributed by atoms with E-state index in [-0.39, 0.29) is 5.97 Å². The molecule has 0 saturated carbocycles. The summed E-state index contributed by atoms with van der Waals surface area (Å²) in [4.78, 5) is 14.4. The molecule has 1 heterocycles. The lowest BCUT2D eigenvalue weighted by Gasteiger charge is -2.11. The van der Waals surface area contributed by atoms with Crippen LogP contribution in [-0.2, 0) is 24.0 Å². The van der Waals surface area contributed by atoms with E-state index in [0.29, 0.717) is 6.42 Å². The molecule has 5 heteroatoms.